The van der Waals surface area contributed by atoms with Crippen molar-refractivity contribution in [3.8, 4) is 5.75 Å². The Morgan fingerprint density at radius 2 is 1.35 bits per heavy atom. The van der Waals surface area contributed by atoms with Crippen LogP contribution in [0.5, 0.6) is 5.75 Å². The van der Waals surface area contributed by atoms with E-state index in [0.717, 1.165) is 11.1 Å². The monoisotopic (exact) mass is 509 g/mol. The maximum Gasteiger partial charge on any atom is 0.269 e. The SMILES string of the molecule is COC[C@H]1O[C@@H](Oc2ccc([N+](=O)[O-])cc2)[C@H](OCc2ccccc2)[C@@H](OC)[C@H]1OCc1ccccc1. The number of nitro groups is 1. The molecule has 0 bridgehead atoms. The third-order valence-electron chi connectivity index (χ3n) is 6.06. The Labute approximate surface area is 216 Å². The Morgan fingerprint density at radius 1 is 0.784 bits per heavy atom. The molecular formula is C28H31NO8. The van der Waals surface area contributed by atoms with Crippen molar-refractivity contribution in [2.24, 2.45) is 0 Å². The van der Waals surface area contributed by atoms with Crippen molar-refractivity contribution in [1.29, 1.82) is 0 Å². The third kappa shape index (κ3) is 7.12. The number of ether oxygens (including phenoxy) is 6. The zero-order chi connectivity index (χ0) is 26.0. The summed E-state index contributed by atoms with van der Waals surface area (Å²) in [5.74, 6) is 0.401. The van der Waals surface area contributed by atoms with E-state index in [1.165, 1.54) is 24.3 Å². The van der Waals surface area contributed by atoms with Crippen LogP contribution in [-0.2, 0) is 36.9 Å². The summed E-state index contributed by atoms with van der Waals surface area (Å²) in [6, 6.07) is 25.4. The first-order valence-corrected chi connectivity index (χ1v) is 12.0. The molecule has 1 aliphatic heterocycles. The van der Waals surface area contributed by atoms with E-state index in [9.17, 15) is 10.1 Å². The molecule has 1 heterocycles. The zero-order valence-electron chi connectivity index (χ0n) is 20.8. The van der Waals surface area contributed by atoms with E-state index in [0.29, 0.717) is 19.0 Å². The largest absolute Gasteiger partial charge is 0.462 e. The fourth-order valence-electron chi connectivity index (χ4n) is 4.23. The van der Waals surface area contributed by atoms with Crippen LogP contribution in [0.4, 0.5) is 5.69 Å². The molecule has 9 heteroatoms. The highest BCUT2D eigenvalue weighted by Gasteiger charge is 2.49. The second-order valence-corrected chi connectivity index (χ2v) is 8.59. The fourth-order valence-corrected chi connectivity index (χ4v) is 4.23. The molecule has 0 radical (unpaired) electrons. The van der Waals surface area contributed by atoms with Gasteiger partial charge < -0.3 is 28.4 Å². The van der Waals surface area contributed by atoms with Gasteiger partial charge in [0.1, 0.15) is 30.2 Å². The summed E-state index contributed by atoms with van der Waals surface area (Å²) in [4.78, 5) is 10.6. The minimum absolute atomic E-state index is 0.0322. The molecule has 1 fully saturated rings. The Morgan fingerprint density at radius 3 is 1.86 bits per heavy atom. The van der Waals surface area contributed by atoms with Crippen LogP contribution in [0.3, 0.4) is 0 Å². The van der Waals surface area contributed by atoms with E-state index >= 15 is 0 Å². The predicted molar refractivity (Wildman–Crippen MR) is 135 cm³/mol. The maximum absolute atomic E-state index is 11.0. The molecule has 3 aromatic rings. The Bertz CT molecular complexity index is 1100. The van der Waals surface area contributed by atoms with E-state index in [1.807, 2.05) is 60.7 Å². The number of hydrogen-bond donors (Lipinski definition) is 0. The normalized spacial score (nSPS) is 23.5. The molecule has 5 atom stereocenters. The van der Waals surface area contributed by atoms with Crippen molar-refractivity contribution < 1.29 is 33.3 Å². The van der Waals surface area contributed by atoms with Crippen molar-refractivity contribution in [2.75, 3.05) is 20.8 Å². The zero-order valence-corrected chi connectivity index (χ0v) is 20.8. The molecule has 196 valence electrons. The van der Waals surface area contributed by atoms with E-state index in [1.54, 1.807) is 14.2 Å². The van der Waals surface area contributed by atoms with Gasteiger partial charge in [0, 0.05) is 26.4 Å². The molecule has 0 unspecified atom stereocenters. The van der Waals surface area contributed by atoms with Gasteiger partial charge in [0.05, 0.1) is 24.7 Å². The quantitative estimate of drug-likeness (QED) is 0.259. The molecule has 4 rings (SSSR count). The standard InChI is InChI=1S/C28H31NO8/c1-32-19-24-25(34-17-20-9-5-3-6-10-20)26(33-2)27(35-18-21-11-7-4-8-12-21)28(37-24)36-23-15-13-22(14-16-23)29(30)31/h3-16,24-28H,17-19H2,1-2H3/t24-,25+,26+,27-,28-/m1/s1. The van der Waals surface area contributed by atoms with Crippen LogP contribution in [0.1, 0.15) is 11.1 Å². The van der Waals surface area contributed by atoms with Gasteiger partial charge in [-0.15, -0.1) is 0 Å². The Kier molecular flexibility index (Phi) is 9.58. The molecule has 0 saturated carbocycles. The summed E-state index contributed by atoms with van der Waals surface area (Å²) in [5, 5.41) is 11.0. The number of hydrogen-bond acceptors (Lipinski definition) is 8. The minimum Gasteiger partial charge on any atom is -0.462 e. The second kappa shape index (κ2) is 13.3. The minimum atomic E-state index is -0.883. The molecular weight excluding hydrogens is 478 g/mol. The molecule has 9 nitrogen and oxygen atoms in total. The Hall–Kier alpha value is -3.34. The van der Waals surface area contributed by atoms with Gasteiger partial charge in [-0.25, -0.2) is 0 Å². The molecule has 3 aromatic carbocycles. The van der Waals surface area contributed by atoms with Crippen LogP contribution in [0.25, 0.3) is 0 Å². The van der Waals surface area contributed by atoms with Gasteiger partial charge >= 0.3 is 0 Å². The van der Waals surface area contributed by atoms with Crippen LogP contribution < -0.4 is 4.74 Å². The second-order valence-electron chi connectivity index (χ2n) is 8.59. The number of non-ortho nitro benzene ring substituents is 1. The van der Waals surface area contributed by atoms with Crippen LogP contribution in [0.2, 0.25) is 0 Å². The lowest BCUT2D eigenvalue weighted by Gasteiger charge is -2.45. The number of nitro benzene ring substituents is 1. The third-order valence-corrected chi connectivity index (χ3v) is 6.06. The summed E-state index contributed by atoms with van der Waals surface area (Å²) in [6.07, 6.45) is -3.13. The van der Waals surface area contributed by atoms with Gasteiger partial charge in [-0.3, -0.25) is 10.1 Å². The van der Waals surface area contributed by atoms with Crippen LogP contribution in [0.15, 0.2) is 84.9 Å². The highest BCUT2D eigenvalue weighted by Crippen LogP contribution is 2.31. The molecule has 1 saturated heterocycles. The molecule has 0 spiro atoms. The van der Waals surface area contributed by atoms with Gasteiger partial charge in [0.25, 0.3) is 5.69 Å². The molecule has 0 aromatic heterocycles. The van der Waals surface area contributed by atoms with Crippen LogP contribution >= 0.6 is 0 Å². The fraction of sp³-hybridized carbons (Fsp3) is 0.357. The number of benzene rings is 3. The topological polar surface area (TPSA) is 98.5 Å². The highest BCUT2D eigenvalue weighted by atomic mass is 16.7. The summed E-state index contributed by atoms with van der Waals surface area (Å²) in [5.41, 5.74) is 1.96. The number of methoxy groups -OCH3 is 2. The van der Waals surface area contributed by atoms with Crippen molar-refractivity contribution in [1.82, 2.24) is 0 Å². The van der Waals surface area contributed by atoms with E-state index < -0.39 is 35.6 Å². The lowest BCUT2D eigenvalue weighted by Crippen LogP contribution is -2.62. The smallest absolute Gasteiger partial charge is 0.269 e. The van der Waals surface area contributed by atoms with E-state index in [2.05, 4.69) is 0 Å². The van der Waals surface area contributed by atoms with Gasteiger partial charge in [-0.1, -0.05) is 60.7 Å². The first-order valence-electron chi connectivity index (χ1n) is 12.0. The van der Waals surface area contributed by atoms with Gasteiger partial charge in [-0.2, -0.15) is 0 Å². The van der Waals surface area contributed by atoms with Crippen LogP contribution in [-0.4, -0.2) is 56.5 Å². The molecule has 37 heavy (non-hydrogen) atoms. The van der Waals surface area contributed by atoms with Crippen molar-refractivity contribution >= 4 is 5.69 Å². The summed E-state index contributed by atoms with van der Waals surface area (Å²) in [6.45, 7) is 0.897. The number of rotatable bonds is 12. The summed E-state index contributed by atoms with van der Waals surface area (Å²) in [7, 11) is 3.18. The molecule has 0 amide bonds. The first kappa shape index (κ1) is 26.7. The van der Waals surface area contributed by atoms with Crippen molar-refractivity contribution in [3.63, 3.8) is 0 Å². The first-order chi connectivity index (χ1) is 18.1. The maximum atomic E-state index is 11.0. The van der Waals surface area contributed by atoms with Gasteiger partial charge in [-0.05, 0) is 23.3 Å². The Balaban J connectivity index is 1.58. The van der Waals surface area contributed by atoms with Crippen molar-refractivity contribution in [3.05, 3.63) is 106 Å². The average Bonchev–Trinajstić information content (AvgIpc) is 2.93. The summed E-state index contributed by atoms with van der Waals surface area (Å²) >= 11 is 0. The van der Waals surface area contributed by atoms with Crippen molar-refractivity contribution in [2.45, 2.75) is 43.9 Å². The van der Waals surface area contributed by atoms with Crippen LogP contribution in [0, 0.1) is 10.1 Å². The number of nitrogens with zero attached hydrogens (tertiary/aromatic N) is 1. The molecule has 0 aliphatic carbocycles. The summed E-state index contributed by atoms with van der Waals surface area (Å²) < 4.78 is 36.5. The average molecular weight is 510 g/mol. The highest BCUT2D eigenvalue weighted by molar-refractivity contribution is 5.36. The van der Waals surface area contributed by atoms with E-state index in [-0.39, 0.29) is 12.3 Å². The predicted octanol–water partition coefficient (Wildman–Crippen LogP) is 4.53. The molecule has 1 aliphatic rings. The molecule has 0 N–H and O–H groups in total. The van der Waals surface area contributed by atoms with E-state index in [4.69, 9.17) is 28.4 Å². The lowest BCUT2D eigenvalue weighted by molar-refractivity contribution is -0.384. The van der Waals surface area contributed by atoms with Gasteiger partial charge in [0.15, 0.2) is 0 Å². The van der Waals surface area contributed by atoms with Gasteiger partial charge in [0.2, 0.25) is 6.29 Å². The lowest BCUT2D eigenvalue weighted by atomic mass is 9.98.